The van der Waals surface area contributed by atoms with Gasteiger partial charge in [-0.15, -0.1) is 11.6 Å². The molecule has 3 nitrogen and oxygen atoms in total. The number of fused-ring (bicyclic) bond motifs is 1. The van der Waals surface area contributed by atoms with E-state index >= 15 is 0 Å². The smallest absolute Gasteiger partial charge is 0.181 e. The third kappa shape index (κ3) is 2.75. The van der Waals surface area contributed by atoms with Crippen molar-refractivity contribution in [2.24, 2.45) is 0 Å². The van der Waals surface area contributed by atoms with Crippen molar-refractivity contribution in [3.05, 3.63) is 22.2 Å². The zero-order chi connectivity index (χ0) is 12.4. The molecule has 1 aliphatic rings. The van der Waals surface area contributed by atoms with E-state index in [9.17, 15) is 4.79 Å². The number of carbonyl (C=O) groups is 1. The molecule has 0 radical (unpaired) electrons. The van der Waals surface area contributed by atoms with Crippen LogP contribution in [-0.4, -0.2) is 24.4 Å². The van der Waals surface area contributed by atoms with Crippen molar-refractivity contribution in [2.75, 3.05) is 13.2 Å². The van der Waals surface area contributed by atoms with Crippen LogP contribution in [0.4, 0.5) is 0 Å². The first-order valence-corrected chi connectivity index (χ1v) is 6.60. The second-order valence-electron chi connectivity index (χ2n) is 3.81. The van der Waals surface area contributed by atoms with Gasteiger partial charge >= 0.3 is 0 Å². The maximum atomic E-state index is 11.9. The van der Waals surface area contributed by atoms with Crippen molar-refractivity contribution in [1.29, 1.82) is 0 Å². The summed E-state index contributed by atoms with van der Waals surface area (Å²) in [5, 5.41) is -0.559. The minimum Gasteiger partial charge on any atom is -0.490 e. The van der Waals surface area contributed by atoms with Crippen molar-refractivity contribution < 1.29 is 14.3 Å². The second-order valence-corrected chi connectivity index (χ2v) is 5.32. The monoisotopic (exact) mass is 318 g/mol. The Labute approximate surface area is 113 Å². The molecule has 0 amide bonds. The molecule has 0 spiro atoms. The standard InChI is InChI=1S/C12H12BrClO3/c1-7(14)12(15)8-5-10-11(6-9(8)13)17-4-2-3-16-10/h5-7H,2-4H2,1H3. The van der Waals surface area contributed by atoms with Gasteiger partial charge in [0.15, 0.2) is 17.3 Å². The maximum absolute atomic E-state index is 11.9. The highest BCUT2D eigenvalue weighted by Gasteiger charge is 2.20. The van der Waals surface area contributed by atoms with Crippen LogP contribution < -0.4 is 9.47 Å². The first-order valence-electron chi connectivity index (χ1n) is 5.37. The van der Waals surface area contributed by atoms with E-state index in [1.807, 2.05) is 0 Å². The van der Waals surface area contributed by atoms with Gasteiger partial charge in [0.25, 0.3) is 0 Å². The molecule has 0 aliphatic carbocycles. The van der Waals surface area contributed by atoms with Crippen LogP contribution in [-0.2, 0) is 0 Å². The van der Waals surface area contributed by atoms with E-state index in [1.54, 1.807) is 19.1 Å². The Balaban J connectivity index is 2.42. The molecule has 0 saturated heterocycles. The Bertz CT molecular complexity index is 446. The zero-order valence-electron chi connectivity index (χ0n) is 9.33. The number of hydrogen-bond donors (Lipinski definition) is 0. The molecule has 1 heterocycles. The van der Waals surface area contributed by atoms with Gasteiger partial charge in [-0.25, -0.2) is 0 Å². The SMILES string of the molecule is CC(Cl)C(=O)c1cc2c(cc1Br)OCCCO2. The number of hydrogen-bond acceptors (Lipinski definition) is 3. The Morgan fingerprint density at radius 2 is 1.94 bits per heavy atom. The highest BCUT2D eigenvalue weighted by Crippen LogP contribution is 2.35. The number of ether oxygens (including phenoxy) is 2. The van der Waals surface area contributed by atoms with Gasteiger partial charge in [0.05, 0.1) is 18.6 Å². The van der Waals surface area contributed by atoms with Gasteiger partial charge in [0.2, 0.25) is 0 Å². The number of Topliss-reactive ketones (excluding diaryl/α,β-unsaturated/α-hetero) is 1. The molecule has 92 valence electrons. The minimum absolute atomic E-state index is 0.130. The number of benzene rings is 1. The van der Waals surface area contributed by atoms with E-state index < -0.39 is 5.38 Å². The maximum Gasteiger partial charge on any atom is 0.181 e. The Morgan fingerprint density at radius 1 is 1.35 bits per heavy atom. The van der Waals surface area contributed by atoms with Crippen molar-refractivity contribution >= 4 is 33.3 Å². The van der Waals surface area contributed by atoms with Gasteiger partial charge in [0, 0.05) is 16.5 Å². The van der Waals surface area contributed by atoms with Crippen LogP contribution in [0, 0.1) is 0 Å². The summed E-state index contributed by atoms with van der Waals surface area (Å²) in [5.74, 6) is 1.13. The fraction of sp³-hybridized carbons (Fsp3) is 0.417. The summed E-state index contributed by atoms with van der Waals surface area (Å²) in [6, 6.07) is 3.44. The Kier molecular flexibility index (Phi) is 3.94. The second kappa shape index (κ2) is 5.27. The summed E-state index contributed by atoms with van der Waals surface area (Å²) in [7, 11) is 0. The van der Waals surface area contributed by atoms with Gasteiger partial charge < -0.3 is 9.47 Å². The van der Waals surface area contributed by atoms with Crippen LogP contribution in [0.15, 0.2) is 16.6 Å². The molecule has 1 aromatic rings. The first kappa shape index (κ1) is 12.7. The van der Waals surface area contributed by atoms with E-state index in [0.29, 0.717) is 34.7 Å². The average Bonchev–Trinajstić information content (AvgIpc) is 2.51. The molecule has 0 bridgehead atoms. The van der Waals surface area contributed by atoms with E-state index in [4.69, 9.17) is 21.1 Å². The van der Waals surface area contributed by atoms with Gasteiger partial charge in [-0.1, -0.05) is 0 Å². The summed E-state index contributed by atoms with van der Waals surface area (Å²) in [6.45, 7) is 2.87. The molecule has 17 heavy (non-hydrogen) atoms. The Morgan fingerprint density at radius 3 is 2.53 bits per heavy atom. The third-order valence-corrected chi connectivity index (χ3v) is 3.32. The molecular weight excluding hydrogens is 307 g/mol. The molecule has 1 atom stereocenters. The van der Waals surface area contributed by atoms with Crippen molar-refractivity contribution in [3.8, 4) is 11.5 Å². The van der Waals surface area contributed by atoms with E-state index in [1.165, 1.54) is 0 Å². The number of halogens is 2. The minimum atomic E-state index is -0.559. The van der Waals surface area contributed by atoms with Crippen LogP contribution >= 0.6 is 27.5 Å². The lowest BCUT2D eigenvalue weighted by molar-refractivity contribution is 0.0990. The molecule has 1 aromatic carbocycles. The predicted molar refractivity (Wildman–Crippen MR) is 69.4 cm³/mol. The summed E-state index contributed by atoms with van der Waals surface area (Å²) < 4.78 is 11.7. The molecule has 5 heteroatoms. The number of alkyl halides is 1. The highest BCUT2D eigenvalue weighted by atomic mass is 79.9. The molecule has 0 N–H and O–H groups in total. The fourth-order valence-electron chi connectivity index (χ4n) is 1.59. The van der Waals surface area contributed by atoms with Crippen LogP contribution in [0.5, 0.6) is 11.5 Å². The molecule has 0 fully saturated rings. The van der Waals surface area contributed by atoms with Crippen molar-refractivity contribution in [1.82, 2.24) is 0 Å². The summed E-state index contributed by atoms with van der Waals surface area (Å²) in [5.41, 5.74) is 0.525. The van der Waals surface area contributed by atoms with Gasteiger partial charge in [0.1, 0.15) is 0 Å². The summed E-state index contributed by atoms with van der Waals surface area (Å²) in [4.78, 5) is 11.9. The fourth-order valence-corrected chi connectivity index (χ4v) is 2.22. The molecule has 1 unspecified atom stereocenters. The van der Waals surface area contributed by atoms with Gasteiger partial charge in [-0.2, -0.15) is 0 Å². The van der Waals surface area contributed by atoms with E-state index in [-0.39, 0.29) is 5.78 Å². The van der Waals surface area contributed by atoms with Crippen LogP contribution in [0.25, 0.3) is 0 Å². The predicted octanol–water partition coefficient (Wildman–Crippen LogP) is 3.42. The van der Waals surface area contributed by atoms with Crippen LogP contribution in [0.2, 0.25) is 0 Å². The lowest BCUT2D eigenvalue weighted by Gasteiger charge is -2.11. The Hall–Kier alpha value is -0.740. The topological polar surface area (TPSA) is 35.5 Å². The molecular formula is C12H12BrClO3. The first-order chi connectivity index (χ1) is 8.09. The molecule has 1 aliphatic heterocycles. The van der Waals surface area contributed by atoms with Gasteiger partial charge in [-0.05, 0) is 35.0 Å². The summed E-state index contributed by atoms with van der Waals surface area (Å²) in [6.07, 6.45) is 0.835. The lowest BCUT2D eigenvalue weighted by atomic mass is 10.1. The number of rotatable bonds is 2. The molecule has 2 rings (SSSR count). The quantitative estimate of drug-likeness (QED) is 0.619. The third-order valence-electron chi connectivity index (χ3n) is 2.46. The average molecular weight is 320 g/mol. The van der Waals surface area contributed by atoms with E-state index in [0.717, 1.165) is 6.42 Å². The number of carbonyl (C=O) groups excluding carboxylic acids is 1. The zero-order valence-corrected chi connectivity index (χ0v) is 11.7. The van der Waals surface area contributed by atoms with Crippen molar-refractivity contribution in [3.63, 3.8) is 0 Å². The highest BCUT2D eigenvalue weighted by molar-refractivity contribution is 9.10. The number of ketones is 1. The van der Waals surface area contributed by atoms with E-state index in [2.05, 4.69) is 15.9 Å². The van der Waals surface area contributed by atoms with Crippen molar-refractivity contribution in [2.45, 2.75) is 18.7 Å². The normalized spacial score (nSPS) is 16.2. The molecule has 0 saturated carbocycles. The van der Waals surface area contributed by atoms with Gasteiger partial charge in [-0.3, -0.25) is 4.79 Å². The van der Waals surface area contributed by atoms with Crippen LogP contribution in [0.3, 0.4) is 0 Å². The lowest BCUT2D eigenvalue weighted by Crippen LogP contribution is -2.11. The largest absolute Gasteiger partial charge is 0.490 e. The van der Waals surface area contributed by atoms with Crippen LogP contribution in [0.1, 0.15) is 23.7 Å². The molecule has 0 aromatic heterocycles. The summed E-state index contributed by atoms with van der Waals surface area (Å²) >= 11 is 9.16.